The van der Waals surface area contributed by atoms with Gasteiger partial charge in [0.2, 0.25) is 0 Å². The number of nitrogens with two attached hydrogens (primary N) is 1. The van der Waals surface area contributed by atoms with Crippen LogP contribution >= 0.6 is 23.2 Å². The van der Waals surface area contributed by atoms with E-state index in [1.54, 1.807) is 6.07 Å². The Labute approximate surface area is 204 Å². The Morgan fingerprint density at radius 1 is 1.25 bits per heavy atom. The summed E-state index contributed by atoms with van der Waals surface area (Å²) >= 11 is 12.6. The van der Waals surface area contributed by atoms with E-state index < -0.39 is 11.0 Å². The largest absolute Gasteiger partial charge is 0.370 e. The Balaban J connectivity index is 1.48. The van der Waals surface area contributed by atoms with Crippen molar-refractivity contribution in [3.05, 3.63) is 46.1 Å². The molecule has 32 heavy (non-hydrogen) atoms. The zero-order chi connectivity index (χ0) is 23.1. The van der Waals surface area contributed by atoms with Gasteiger partial charge in [-0.1, -0.05) is 41.8 Å². The molecule has 1 aromatic heterocycles. The number of anilines is 1. The van der Waals surface area contributed by atoms with Gasteiger partial charge >= 0.3 is 0 Å². The van der Waals surface area contributed by atoms with Crippen LogP contribution in [-0.4, -0.2) is 27.0 Å². The molecule has 2 atom stereocenters. The summed E-state index contributed by atoms with van der Waals surface area (Å²) in [6, 6.07) is 7.87. The van der Waals surface area contributed by atoms with Gasteiger partial charge in [-0.25, -0.2) is 4.21 Å². The van der Waals surface area contributed by atoms with E-state index in [9.17, 15) is 4.21 Å². The second-order valence-electron chi connectivity index (χ2n) is 10.2. The lowest BCUT2D eigenvalue weighted by atomic mass is 9.68. The highest BCUT2D eigenvalue weighted by Gasteiger charge is 2.46. The number of piperidine rings is 1. The summed E-state index contributed by atoms with van der Waals surface area (Å²) in [6.07, 6.45) is 9.04. The molecule has 2 aromatic rings. The summed E-state index contributed by atoms with van der Waals surface area (Å²) in [4.78, 5) is 7.22. The first-order valence-corrected chi connectivity index (χ1v) is 13.4. The quantitative estimate of drug-likeness (QED) is 0.513. The number of pyridine rings is 1. The highest BCUT2D eigenvalue weighted by molar-refractivity contribution is 7.84. The molecule has 1 aliphatic heterocycles. The van der Waals surface area contributed by atoms with Crippen LogP contribution in [0.15, 0.2) is 30.5 Å². The number of hydrogen-bond acceptors (Lipinski definition) is 3. The molecule has 1 saturated carbocycles. The molecule has 0 radical (unpaired) electrons. The lowest BCUT2D eigenvalue weighted by Crippen LogP contribution is -2.44. The average molecular weight is 495 g/mol. The van der Waals surface area contributed by atoms with Gasteiger partial charge in [0, 0.05) is 18.7 Å². The molecule has 2 aliphatic rings. The van der Waals surface area contributed by atoms with Crippen LogP contribution in [0.4, 0.5) is 5.69 Å². The van der Waals surface area contributed by atoms with Crippen molar-refractivity contribution in [3.63, 3.8) is 0 Å². The van der Waals surface area contributed by atoms with E-state index in [-0.39, 0.29) is 4.75 Å². The lowest BCUT2D eigenvalue weighted by Gasteiger charge is -2.45. The fraction of sp³-hybridized carbons (Fsp3) is 0.560. The van der Waals surface area contributed by atoms with Crippen LogP contribution in [0.2, 0.25) is 10.0 Å². The van der Waals surface area contributed by atoms with Crippen LogP contribution in [0.1, 0.15) is 57.9 Å². The minimum Gasteiger partial charge on any atom is -0.370 e. The van der Waals surface area contributed by atoms with Gasteiger partial charge in [-0.3, -0.25) is 10.1 Å². The highest BCUT2D eigenvalue weighted by atomic mass is 35.5. The van der Waals surface area contributed by atoms with Gasteiger partial charge in [0.1, 0.15) is 0 Å². The number of rotatable bonds is 5. The lowest BCUT2D eigenvalue weighted by molar-refractivity contribution is 0.134. The maximum Gasteiger partial charge on any atom is 0.0945 e. The van der Waals surface area contributed by atoms with Crippen LogP contribution in [-0.2, 0) is 11.0 Å². The molecule has 2 heterocycles. The monoisotopic (exact) mass is 493 g/mol. The molecule has 1 aromatic carbocycles. The van der Waals surface area contributed by atoms with Crippen LogP contribution in [0.5, 0.6) is 0 Å². The molecule has 2 fully saturated rings. The van der Waals surface area contributed by atoms with Crippen molar-refractivity contribution in [2.75, 3.05) is 18.0 Å². The first-order valence-electron chi connectivity index (χ1n) is 11.5. The Bertz CT molecular complexity index is 1020. The van der Waals surface area contributed by atoms with Gasteiger partial charge in [0.15, 0.2) is 0 Å². The third-order valence-electron chi connectivity index (χ3n) is 7.77. The van der Waals surface area contributed by atoms with E-state index in [2.05, 4.69) is 17.9 Å². The third-order valence-corrected chi connectivity index (χ3v) is 9.85. The smallest absolute Gasteiger partial charge is 0.0945 e. The fourth-order valence-corrected chi connectivity index (χ4v) is 6.53. The molecule has 4 rings (SSSR count). The molecule has 0 bridgehead atoms. The number of benzene rings is 1. The molecular formula is C25H33Cl2N3OS. The van der Waals surface area contributed by atoms with Gasteiger partial charge in [-0.2, -0.15) is 0 Å². The maximum absolute atomic E-state index is 12.0. The standard InChI is InChI=1S/C25H33Cl2N3OS/c1-17-14-19(16-29-23(17)20-7-4-8-21(26)22(20)27)30-12-10-25(11-13-30)9-5-6-18(25)15-24(2,3)32(28)31/h4,7-8,14,16,18H,5-6,9-13,15,28H2,1-3H3/t18-,32?/m1/s1. The molecule has 1 aliphatic carbocycles. The Hall–Kier alpha value is -1.14. The first kappa shape index (κ1) is 24.0. The molecule has 1 saturated heterocycles. The fourth-order valence-electron chi connectivity index (χ4n) is 5.77. The topological polar surface area (TPSA) is 59.2 Å². The highest BCUT2D eigenvalue weighted by Crippen LogP contribution is 2.53. The van der Waals surface area contributed by atoms with Crippen LogP contribution in [0.3, 0.4) is 0 Å². The van der Waals surface area contributed by atoms with Crippen molar-refractivity contribution < 1.29 is 4.21 Å². The predicted octanol–water partition coefficient (Wildman–Crippen LogP) is 6.54. The van der Waals surface area contributed by atoms with E-state index in [1.807, 2.05) is 32.2 Å². The van der Waals surface area contributed by atoms with Gasteiger partial charge < -0.3 is 4.90 Å². The molecule has 7 heteroatoms. The summed E-state index contributed by atoms with van der Waals surface area (Å²) in [5.41, 5.74) is 4.37. The third kappa shape index (κ3) is 4.59. The number of aromatic nitrogens is 1. The second kappa shape index (κ2) is 9.25. The molecule has 1 unspecified atom stereocenters. The molecule has 0 amide bonds. The molecular weight excluding hydrogens is 461 g/mol. The second-order valence-corrected chi connectivity index (χ2v) is 12.6. The van der Waals surface area contributed by atoms with E-state index in [0.717, 1.165) is 42.0 Å². The summed E-state index contributed by atoms with van der Waals surface area (Å²) in [7, 11) is -1.29. The average Bonchev–Trinajstić information content (AvgIpc) is 3.11. The SMILES string of the molecule is Cc1cc(N2CCC3(CCC[C@@H]3CC(C)(C)S(N)=O)CC2)cnc1-c1cccc(Cl)c1Cl. The Kier molecular flexibility index (Phi) is 6.94. The summed E-state index contributed by atoms with van der Waals surface area (Å²) in [5.74, 6) is 0.611. The van der Waals surface area contributed by atoms with E-state index in [0.29, 0.717) is 21.4 Å². The molecule has 1 spiro atoms. The Morgan fingerprint density at radius 2 is 1.97 bits per heavy atom. The summed E-state index contributed by atoms with van der Waals surface area (Å²) in [5, 5.41) is 6.88. The first-order chi connectivity index (χ1) is 15.1. The Morgan fingerprint density at radius 3 is 2.62 bits per heavy atom. The normalized spacial score (nSPS) is 21.8. The van der Waals surface area contributed by atoms with Crippen molar-refractivity contribution in [1.82, 2.24) is 4.98 Å². The van der Waals surface area contributed by atoms with Gasteiger partial charge in [-0.05, 0) is 81.9 Å². The molecule has 174 valence electrons. The van der Waals surface area contributed by atoms with Crippen LogP contribution in [0.25, 0.3) is 11.3 Å². The summed E-state index contributed by atoms with van der Waals surface area (Å²) < 4.78 is 11.7. The van der Waals surface area contributed by atoms with Crippen molar-refractivity contribution in [1.29, 1.82) is 0 Å². The van der Waals surface area contributed by atoms with Crippen molar-refractivity contribution in [2.45, 2.75) is 64.0 Å². The van der Waals surface area contributed by atoms with E-state index >= 15 is 0 Å². The van der Waals surface area contributed by atoms with Crippen LogP contribution < -0.4 is 10.0 Å². The van der Waals surface area contributed by atoms with Crippen molar-refractivity contribution in [2.24, 2.45) is 16.5 Å². The molecule has 4 nitrogen and oxygen atoms in total. The number of aryl methyl sites for hydroxylation is 1. The zero-order valence-corrected chi connectivity index (χ0v) is 21.5. The van der Waals surface area contributed by atoms with Gasteiger partial charge in [-0.15, -0.1) is 0 Å². The predicted molar refractivity (Wildman–Crippen MR) is 137 cm³/mol. The van der Waals surface area contributed by atoms with E-state index in [1.165, 1.54) is 32.1 Å². The van der Waals surface area contributed by atoms with Gasteiger partial charge in [0.25, 0.3) is 0 Å². The van der Waals surface area contributed by atoms with E-state index in [4.69, 9.17) is 33.3 Å². The maximum atomic E-state index is 12.0. The number of hydrogen-bond donors (Lipinski definition) is 1. The zero-order valence-electron chi connectivity index (χ0n) is 19.2. The number of nitrogens with zero attached hydrogens (tertiary/aromatic N) is 2. The number of halogens is 2. The minimum absolute atomic E-state index is 0.322. The van der Waals surface area contributed by atoms with Crippen LogP contribution in [0, 0.1) is 18.3 Å². The minimum atomic E-state index is -1.29. The van der Waals surface area contributed by atoms with Crippen molar-refractivity contribution in [3.8, 4) is 11.3 Å². The van der Waals surface area contributed by atoms with Crippen molar-refractivity contribution >= 4 is 39.9 Å². The molecule has 2 N–H and O–H groups in total. The van der Waals surface area contributed by atoms with Gasteiger partial charge in [0.05, 0.1) is 43.4 Å². The summed E-state index contributed by atoms with van der Waals surface area (Å²) in [6.45, 7) is 8.23.